The van der Waals surface area contributed by atoms with Gasteiger partial charge in [-0.05, 0) is 42.5 Å². The van der Waals surface area contributed by atoms with Gasteiger partial charge in [0.1, 0.15) is 12.6 Å². The maximum atomic E-state index is 7.47. The lowest BCUT2D eigenvalue weighted by Gasteiger charge is -2.14. The first-order valence-electron chi connectivity index (χ1n) is 9.48. The average molecular weight is 360 g/mol. The summed E-state index contributed by atoms with van der Waals surface area (Å²) in [5.41, 5.74) is 8.12. The van der Waals surface area contributed by atoms with Gasteiger partial charge >= 0.3 is 0 Å². The van der Waals surface area contributed by atoms with Gasteiger partial charge in [0.05, 0.1) is 17.5 Å². The Kier molecular flexibility index (Phi) is 2.75. The van der Waals surface area contributed by atoms with E-state index >= 15 is 0 Å². The van der Waals surface area contributed by atoms with Crippen molar-refractivity contribution in [1.82, 2.24) is 4.40 Å². The minimum Gasteiger partial charge on any atom is -0.304 e. The second kappa shape index (κ2) is 4.99. The fourth-order valence-corrected chi connectivity index (χ4v) is 4.90. The third-order valence-corrected chi connectivity index (χ3v) is 6.30. The smallest absolute Gasteiger partial charge is 0.238 e. The predicted octanol–water partition coefficient (Wildman–Crippen LogP) is 5.98. The minimum absolute atomic E-state index is 0.676. The highest BCUT2D eigenvalue weighted by molar-refractivity contribution is 6.25. The monoisotopic (exact) mass is 360 g/mol. The molecule has 0 N–H and O–H groups in total. The lowest BCUT2D eigenvalue weighted by Crippen LogP contribution is -2.29. The van der Waals surface area contributed by atoms with E-state index < -0.39 is 0 Å². The van der Waals surface area contributed by atoms with Crippen LogP contribution in [0.15, 0.2) is 54.7 Å². The van der Waals surface area contributed by atoms with Gasteiger partial charge in [0.15, 0.2) is 11.9 Å². The zero-order valence-electron chi connectivity index (χ0n) is 16.0. The van der Waals surface area contributed by atoms with Crippen molar-refractivity contribution in [2.75, 3.05) is 0 Å². The molecule has 0 spiro atoms. The van der Waals surface area contributed by atoms with Gasteiger partial charge in [0, 0.05) is 27.7 Å². The standard InChI is InChI=1S/C25H18N3/c1-14-12-16-6-5-7-20-23(16)22(15(14)2)25-24-19(10-11-27(25)4)18-9-8-17(26-3)13-21(18)28(20)24/h5-13H,1-2,4H3/q+1. The Bertz CT molecular complexity index is 1640. The Morgan fingerprint density at radius 3 is 2.61 bits per heavy atom. The van der Waals surface area contributed by atoms with Crippen molar-refractivity contribution < 1.29 is 4.57 Å². The quantitative estimate of drug-likeness (QED) is 0.137. The number of hydrogen-bond donors (Lipinski definition) is 0. The SMILES string of the molecule is [C-]#[N+]c1ccc2c3cc[n+](C)c4c5c(C)c(C)cc6cccc(c65)n(c2c1)c34. The first-order valence-corrected chi connectivity index (χ1v) is 9.48. The molecule has 0 fully saturated rings. The molecule has 0 bridgehead atoms. The van der Waals surface area contributed by atoms with Crippen LogP contribution in [0.2, 0.25) is 0 Å². The molecule has 3 aromatic heterocycles. The summed E-state index contributed by atoms with van der Waals surface area (Å²) in [6.45, 7) is 11.9. The van der Waals surface area contributed by atoms with Crippen LogP contribution in [-0.2, 0) is 7.05 Å². The summed E-state index contributed by atoms with van der Waals surface area (Å²) >= 11 is 0. The number of benzene rings is 3. The number of nitrogens with zero attached hydrogens (tertiary/aromatic N) is 3. The summed E-state index contributed by atoms with van der Waals surface area (Å²) in [5, 5.41) is 6.33. The van der Waals surface area contributed by atoms with Gasteiger partial charge in [0.2, 0.25) is 5.52 Å². The molecule has 0 aliphatic heterocycles. The first kappa shape index (κ1) is 15.4. The number of aromatic nitrogens is 2. The molecule has 3 heterocycles. The van der Waals surface area contributed by atoms with Crippen LogP contribution in [0.3, 0.4) is 0 Å². The van der Waals surface area contributed by atoms with Crippen molar-refractivity contribution in [2.24, 2.45) is 7.05 Å². The Labute approximate surface area is 162 Å². The van der Waals surface area contributed by atoms with E-state index in [4.69, 9.17) is 6.57 Å². The van der Waals surface area contributed by atoms with E-state index in [0.717, 1.165) is 5.52 Å². The third-order valence-electron chi connectivity index (χ3n) is 6.30. The molecule has 0 saturated carbocycles. The lowest BCUT2D eigenvalue weighted by molar-refractivity contribution is -0.644. The predicted molar refractivity (Wildman–Crippen MR) is 116 cm³/mol. The summed E-state index contributed by atoms with van der Waals surface area (Å²) in [7, 11) is 2.13. The summed E-state index contributed by atoms with van der Waals surface area (Å²) in [6, 6.07) is 17.1. The maximum Gasteiger partial charge on any atom is 0.238 e. The molecule has 3 aromatic carbocycles. The van der Waals surface area contributed by atoms with E-state index in [1.165, 1.54) is 54.6 Å². The van der Waals surface area contributed by atoms with Gasteiger partial charge in [-0.2, -0.15) is 4.57 Å². The zero-order valence-corrected chi connectivity index (χ0v) is 16.0. The molecule has 0 unspecified atom stereocenters. The van der Waals surface area contributed by atoms with E-state index in [-0.39, 0.29) is 0 Å². The maximum absolute atomic E-state index is 7.47. The molecule has 0 radical (unpaired) electrons. The van der Waals surface area contributed by atoms with Crippen LogP contribution < -0.4 is 4.57 Å². The second-order valence-electron chi connectivity index (χ2n) is 7.75. The van der Waals surface area contributed by atoms with Crippen molar-refractivity contribution in [3.63, 3.8) is 0 Å². The summed E-state index contributed by atoms with van der Waals surface area (Å²) < 4.78 is 4.60. The summed E-state index contributed by atoms with van der Waals surface area (Å²) in [5.74, 6) is 0. The Hall–Kier alpha value is -3.64. The molecule has 3 nitrogen and oxygen atoms in total. The second-order valence-corrected chi connectivity index (χ2v) is 7.75. The van der Waals surface area contributed by atoms with Crippen molar-refractivity contribution in [1.29, 1.82) is 0 Å². The van der Waals surface area contributed by atoms with Gasteiger partial charge in [0.25, 0.3) is 0 Å². The fraction of sp³-hybridized carbons (Fsp3) is 0.120. The van der Waals surface area contributed by atoms with E-state index in [1.807, 2.05) is 12.1 Å². The van der Waals surface area contributed by atoms with E-state index in [1.54, 1.807) is 0 Å². The molecule has 0 aliphatic carbocycles. The van der Waals surface area contributed by atoms with Crippen LogP contribution in [0.1, 0.15) is 11.1 Å². The van der Waals surface area contributed by atoms with Crippen LogP contribution >= 0.6 is 0 Å². The largest absolute Gasteiger partial charge is 0.304 e. The zero-order chi connectivity index (χ0) is 19.2. The van der Waals surface area contributed by atoms with Crippen molar-refractivity contribution >= 4 is 54.7 Å². The molecule has 132 valence electrons. The Morgan fingerprint density at radius 2 is 1.79 bits per heavy atom. The van der Waals surface area contributed by atoms with Crippen LogP contribution in [0.4, 0.5) is 5.69 Å². The van der Waals surface area contributed by atoms with Crippen molar-refractivity contribution in [3.8, 4) is 0 Å². The van der Waals surface area contributed by atoms with Gasteiger partial charge in [-0.1, -0.05) is 30.3 Å². The molecule has 0 amide bonds. The highest BCUT2D eigenvalue weighted by atomic mass is 15.0. The lowest BCUT2D eigenvalue weighted by atomic mass is 9.94. The molecule has 0 atom stereocenters. The third kappa shape index (κ3) is 1.66. The minimum atomic E-state index is 0.676. The Morgan fingerprint density at radius 1 is 0.929 bits per heavy atom. The molecule has 0 aliphatic rings. The molecule has 28 heavy (non-hydrogen) atoms. The normalized spacial score (nSPS) is 12.1. The molecule has 0 saturated heterocycles. The average Bonchev–Trinajstić information content (AvgIpc) is 3.03. The van der Waals surface area contributed by atoms with Gasteiger partial charge in [-0.3, -0.25) is 0 Å². The highest BCUT2D eigenvalue weighted by Crippen LogP contribution is 2.41. The van der Waals surface area contributed by atoms with E-state index in [0.29, 0.717) is 5.69 Å². The molecule has 6 rings (SSSR count). The van der Waals surface area contributed by atoms with Crippen molar-refractivity contribution in [3.05, 3.63) is 77.3 Å². The van der Waals surface area contributed by atoms with Gasteiger partial charge < -0.3 is 4.40 Å². The number of hydrogen-bond acceptors (Lipinski definition) is 0. The van der Waals surface area contributed by atoms with Crippen molar-refractivity contribution in [2.45, 2.75) is 13.8 Å². The van der Waals surface area contributed by atoms with Gasteiger partial charge in [-0.25, -0.2) is 4.85 Å². The van der Waals surface area contributed by atoms with Crippen LogP contribution in [0.25, 0.3) is 53.8 Å². The number of rotatable bonds is 0. The van der Waals surface area contributed by atoms with Crippen LogP contribution in [0, 0.1) is 20.4 Å². The first-order chi connectivity index (χ1) is 13.6. The molecule has 6 aromatic rings. The number of aryl methyl sites for hydroxylation is 3. The molecular weight excluding hydrogens is 342 g/mol. The highest BCUT2D eigenvalue weighted by Gasteiger charge is 2.24. The topological polar surface area (TPSA) is 12.7 Å². The fourth-order valence-electron chi connectivity index (χ4n) is 4.90. The van der Waals surface area contributed by atoms with Crippen LogP contribution in [-0.4, -0.2) is 4.40 Å². The van der Waals surface area contributed by atoms with E-state index in [9.17, 15) is 0 Å². The van der Waals surface area contributed by atoms with E-state index in [2.05, 4.69) is 77.3 Å². The molecule has 3 heteroatoms. The number of fused-ring (bicyclic) bond motifs is 5. The van der Waals surface area contributed by atoms with Crippen LogP contribution in [0.5, 0.6) is 0 Å². The number of pyridine rings is 2. The summed E-state index contributed by atoms with van der Waals surface area (Å²) in [6.07, 6.45) is 2.16. The Balaban J connectivity index is 2.12. The van der Waals surface area contributed by atoms with Gasteiger partial charge in [-0.15, -0.1) is 0 Å². The molecular formula is C25H18N3+. The summed E-state index contributed by atoms with van der Waals surface area (Å²) in [4.78, 5) is 3.67.